The summed E-state index contributed by atoms with van der Waals surface area (Å²) in [6, 6.07) is 6.93. The first kappa shape index (κ1) is 10.2. The Labute approximate surface area is 91.7 Å². The molecule has 4 heteroatoms. The number of aldehydes is 1. The standard InChI is InChI=1S/C11H9ClO3/c12-8-3-1-7(2-4-8)9-5-11(9,6-13)10(14)15/h1-4,6,9H,5H2,(H,14,15). The summed E-state index contributed by atoms with van der Waals surface area (Å²) in [6.45, 7) is 0. The van der Waals surface area contributed by atoms with Crippen LogP contribution < -0.4 is 0 Å². The SMILES string of the molecule is O=CC1(C(=O)O)CC1c1ccc(Cl)cc1. The lowest BCUT2D eigenvalue weighted by molar-refractivity contribution is -0.145. The molecule has 0 aliphatic heterocycles. The number of halogens is 1. The predicted octanol–water partition coefficient (Wildman–Crippen LogP) is 2.10. The second-order valence-electron chi connectivity index (χ2n) is 3.77. The van der Waals surface area contributed by atoms with Gasteiger partial charge in [0.05, 0.1) is 0 Å². The molecule has 0 amide bonds. The lowest BCUT2D eigenvalue weighted by atomic mass is 10.0. The molecule has 0 saturated heterocycles. The largest absolute Gasteiger partial charge is 0.480 e. The van der Waals surface area contributed by atoms with Crippen molar-refractivity contribution in [2.75, 3.05) is 0 Å². The molecule has 2 atom stereocenters. The summed E-state index contributed by atoms with van der Waals surface area (Å²) in [4.78, 5) is 21.7. The number of rotatable bonds is 3. The highest BCUT2D eigenvalue weighted by molar-refractivity contribution is 6.30. The molecule has 1 fully saturated rings. The van der Waals surface area contributed by atoms with Gasteiger partial charge in [-0.3, -0.25) is 4.79 Å². The van der Waals surface area contributed by atoms with Crippen molar-refractivity contribution in [3.05, 3.63) is 34.9 Å². The summed E-state index contributed by atoms with van der Waals surface area (Å²) in [5.74, 6) is -1.25. The van der Waals surface area contributed by atoms with Crippen LogP contribution in [0.2, 0.25) is 5.02 Å². The average molecular weight is 225 g/mol. The highest BCUT2D eigenvalue weighted by Crippen LogP contribution is 2.58. The molecule has 15 heavy (non-hydrogen) atoms. The summed E-state index contributed by atoms with van der Waals surface area (Å²) in [5.41, 5.74) is -0.345. The topological polar surface area (TPSA) is 54.4 Å². The molecule has 78 valence electrons. The quantitative estimate of drug-likeness (QED) is 0.632. The van der Waals surface area contributed by atoms with Gasteiger partial charge in [-0.05, 0) is 24.1 Å². The van der Waals surface area contributed by atoms with E-state index in [1.165, 1.54) is 0 Å². The van der Waals surface area contributed by atoms with Crippen molar-refractivity contribution in [1.82, 2.24) is 0 Å². The first-order valence-electron chi connectivity index (χ1n) is 4.55. The molecule has 0 radical (unpaired) electrons. The minimum absolute atomic E-state index is 0.204. The number of hydrogen-bond acceptors (Lipinski definition) is 2. The molecule has 1 N–H and O–H groups in total. The number of hydrogen-bond donors (Lipinski definition) is 1. The summed E-state index contributed by atoms with van der Waals surface area (Å²) in [6.07, 6.45) is 0.919. The van der Waals surface area contributed by atoms with Crippen molar-refractivity contribution in [1.29, 1.82) is 0 Å². The normalized spacial score (nSPS) is 28.5. The van der Waals surface area contributed by atoms with Gasteiger partial charge in [-0.25, -0.2) is 0 Å². The van der Waals surface area contributed by atoms with Crippen LogP contribution in [0, 0.1) is 5.41 Å². The van der Waals surface area contributed by atoms with E-state index >= 15 is 0 Å². The van der Waals surface area contributed by atoms with Crippen LogP contribution >= 0.6 is 11.6 Å². The summed E-state index contributed by atoms with van der Waals surface area (Å²) < 4.78 is 0. The number of carbonyl (C=O) groups excluding carboxylic acids is 1. The number of carboxylic acid groups (broad SMARTS) is 1. The summed E-state index contributed by atoms with van der Waals surface area (Å²) >= 11 is 5.72. The maximum atomic E-state index is 10.9. The van der Waals surface area contributed by atoms with Gasteiger partial charge in [0.25, 0.3) is 0 Å². The van der Waals surface area contributed by atoms with Crippen LogP contribution in [0.15, 0.2) is 24.3 Å². The van der Waals surface area contributed by atoms with Gasteiger partial charge < -0.3 is 9.90 Å². The Morgan fingerprint density at radius 2 is 2.07 bits per heavy atom. The lowest BCUT2D eigenvalue weighted by Crippen LogP contribution is -2.18. The Kier molecular flexibility index (Phi) is 2.27. The molecular weight excluding hydrogens is 216 g/mol. The third-order valence-electron chi connectivity index (χ3n) is 2.88. The van der Waals surface area contributed by atoms with Gasteiger partial charge in [-0.1, -0.05) is 23.7 Å². The van der Waals surface area contributed by atoms with E-state index in [1.54, 1.807) is 24.3 Å². The fourth-order valence-electron chi connectivity index (χ4n) is 1.81. The number of carbonyl (C=O) groups is 2. The molecule has 2 unspecified atom stereocenters. The molecular formula is C11H9ClO3. The Hall–Kier alpha value is -1.35. The maximum Gasteiger partial charge on any atom is 0.317 e. The maximum absolute atomic E-state index is 10.9. The molecule has 3 nitrogen and oxygen atoms in total. The second kappa shape index (κ2) is 3.35. The fraction of sp³-hybridized carbons (Fsp3) is 0.273. The zero-order chi connectivity index (χ0) is 11.1. The van der Waals surface area contributed by atoms with Gasteiger partial charge in [-0.15, -0.1) is 0 Å². The lowest BCUT2D eigenvalue weighted by Gasteiger charge is -2.03. The van der Waals surface area contributed by atoms with Crippen molar-refractivity contribution < 1.29 is 14.7 Å². The van der Waals surface area contributed by atoms with Crippen LogP contribution in [0.5, 0.6) is 0 Å². The highest BCUT2D eigenvalue weighted by atomic mass is 35.5. The van der Waals surface area contributed by atoms with Crippen molar-refractivity contribution in [2.24, 2.45) is 5.41 Å². The Balaban J connectivity index is 2.26. The minimum Gasteiger partial charge on any atom is -0.480 e. The van der Waals surface area contributed by atoms with Crippen LogP contribution in [0.4, 0.5) is 0 Å². The van der Waals surface area contributed by atoms with E-state index < -0.39 is 11.4 Å². The average Bonchev–Trinajstić information content (AvgIpc) is 2.95. The third kappa shape index (κ3) is 1.53. The van der Waals surface area contributed by atoms with Crippen LogP contribution in [-0.4, -0.2) is 17.4 Å². The van der Waals surface area contributed by atoms with E-state index in [0.29, 0.717) is 17.7 Å². The van der Waals surface area contributed by atoms with Crippen molar-refractivity contribution in [3.8, 4) is 0 Å². The van der Waals surface area contributed by atoms with Crippen LogP contribution in [-0.2, 0) is 9.59 Å². The van der Waals surface area contributed by atoms with Crippen LogP contribution in [0.25, 0.3) is 0 Å². The fourth-order valence-corrected chi connectivity index (χ4v) is 1.93. The zero-order valence-electron chi connectivity index (χ0n) is 7.81. The molecule has 1 aromatic rings. The van der Waals surface area contributed by atoms with Gasteiger partial charge in [0.1, 0.15) is 11.7 Å². The van der Waals surface area contributed by atoms with Crippen LogP contribution in [0.3, 0.4) is 0 Å². The van der Waals surface area contributed by atoms with Crippen molar-refractivity contribution in [3.63, 3.8) is 0 Å². The second-order valence-corrected chi connectivity index (χ2v) is 4.21. The van der Waals surface area contributed by atoms with E-state index in [9.17, 15) is 9.59 Å². The van der Waals surface area contributed by atoms with E-state index in [4.69, 9.17) is 16.7 Å². The minimum atomic E-state index is -1.20. The molecule has 0 bridgehead atoms. The van der Waals surface area contributed by atoms with Gasteiger partial charge in [0.2, 0.25) is 0 Å². The molecule has 1 aliphatic rings. The number of carboxylic acids is 1. The van der Waals surface area contributed by atoms with E-state index in [-0.39, 0.29) is 5.92 Å². The van der Waals surface area contributed by atoms with E-state index in [0.717, 1.165) is 5.56 Å². The van der Waals surface area contributed by atoms with E-state index in [2.05, 4.69) is 0 Å². The number of aliphatic carboxylic acids is 1. The molecule has 1 aliphatic carbocycles. The zero-order valence-corrected chi connectivity index (χ0v) is 8.57. The Morgan fingerprint density at radius 3 is 2.47 bits per heavy atom. The molecule has 1 aromatic carbocycles. The van der Waals surface area contributed by atoms with Crippen molar-refractivity contribution >= 4 is 23.9 Å². The molecule has 0 heterocycles. The van der Waals surface area contributed by atoms with Crippen molar-refractivity contribution in [2.45, 2.75) is 12.3 Å². The predicted molar refractivity (Wildman–Crippen MR) is 54.9 cm³/mol. The summed E-state index contributed by atoms with van der Waals surface area (Å²) in [5, 5.41) is 9.54. The van der Waals surface area contributed by atoms with E-state index in [1.807, 2.05) is 0 Å². The number of benzene rings is 1. The van der Waals surface area contributed by atoms with Gasteiger partial charge >= 0.3 is 5.97 Å². The highest BCUT2D eigenvalue weighted by Gasteiger charge is 2.61. The molecule has 1 saturated carbocycles. The molecule has 0 spiro atoms. The van der Waals surface area contributed by atoms with Gasteiger partial charge in [-0.2, -0.15) is 0 Å². The van der Waals surface area contributed by atoms with Crippen LogP contribution in [0.1, 0.15) is 17.9 Å². The monoisotopic (exact) mass is 224 g/mol. The van der Waals surface area contributed by atoms with Gasteiger partial charge in [0, 0.05) is 10.9 Å². The Bertz CT molecular complexity index is 412. The Morgan fingerprint density at radius 1 is 1.47 bits per heavy atom. The molecule has 0 aromatic heterocycles. The first-order chi connectivity index (χ1) is 7.10. The summed E-state index contributed by atoms with van der Waals surface area (Å²) in [7, 11) is 0. The first-order valence-corrected chi connectivity index (χ1v) is 4.93. The smallest absolute Gasteiger partial charge is 0.317 e. The molecule has 2 rings (SSSR count). The third-order valence-corrected chi connectivity index (χ3v) is 3.14. The van der Waals surface area contributed by atoms with Gasteiger partial charge in [0.15, 0.2) is 0 Å².